The highest BCUT2D eigenvalue weighted by Gasteiger charge is 2.36. The van der Waals surface area contributed by atoms with Crippen molar-refractivity contribution in [2.45, 2.75) is 13.1 Å². The summed E-state index contributed by atoms with van der Waals surface area (Å²) in [6, 6.07) is 0. The molecule has 0 atom stereocenters. The lowest BCUT2D eigenvalue weighted by atomic mass is 10.3. The Bertz CT molecular complexity index is 536. The normalized spacial score (nSPS) is 16.6. The van der Waals surface area contributed by atoms with Gasteiger partial charge in [-0.3, -0.25) is 0 Å². The molecule has 1 aromatic rings. The number of carbonyl (C=O) groups is 2. The molecular weight excluding hydrogens is 288 g/mol. The van der Waals surface area contributed by atoms with E-state index in [0.717, 1.165) is 11.3 Å². The van der Waals surface area contributed by atoms with Gasteiger partial charge in [0.25, 0.3) is 0 Å². The van der Waals surface area contributed by atoms with E-state index in [-0.39, 0.29) is 21.3 Å². The van der Waals surface area contributed by atoms with Crippen molar-refractivity contribution < 1.29 is 28.9 Å². The molecule has 0 saturated heterocycles. The van der Waals surface area contributed by atoms with Gasteiger partial charge in [-0.15, -0.1) is 11.3 Å². The number of methoxy groups -OCH3 is 1. The molecule has 6 nitrogen and oxygen atoms in total. The van der Waals surface area contributed by atoms with E-state index in [0.29, 0.717) is 12.5 Å². The molecule has 0 bridgehead atoms. The van der Waals surface area contributed by atoms with Crippen LogP contribution in [0.15, 0.2) is 0 Å². The van der Waals surface area contributed by atoms with Crippen LogP contribution in [0.2, 0.25) is 13.1 Å². The molecule has 0 saturated carbocycles. The summed E-state index contributed by atoms with van der Waals surface area (Å²) in [7, 11) is -0.472. The predicted octanol–water partition coefficient (Wildman–Crippen LogP) is 1.79. The largest absolute Gasteiger partial charge is 0.492 e. The number of rotatable bonds is 2. The first kappa shape index (κ1) is 13.9. The third-order valence-electron chi connectivity index (χ3n) is 2.60. The molecule has 0 spiro atoms. The Morgan fingerprint density at radius 1 is 1.21 bits per heavy atom. The first-order chi connectivity index (χ1) is 8.85. The van der Waals surface area contributed by atoms with Gasteiger partial charge in [0.05, 0.1) is 19.6 Å². The second-order valence-electron chi connectivity index (χ2n) is 4.96. The van der Waals surface area contributed by atoms with Crippen LogP contribution in [-0.4, -0.2) is 44.7 Å². The lowest BCUT2D eigenvalue weighted by Gasteiger charge is -2.17. The van der Waals surface area contributed by atoms with Crippen molar-refractivity contribution in [3.63, 3.8) is 0 Å². The predicted molar refractivity (Wildman–Crippen MR) is 71.1 cm³/mol. The van der Waals surface area contributed by atoms with Crippen molar-refractivity contribution in [1.82, 2.24) is 0 Å². The van der Waals surface area contributed by atoms with Gasteiger partial charge in [-0.05, 0) is 0 Å². The van der Waals surface area contributed by atoms with E-state index >= 15 is 0 Å². The number of hydrogen-bond acceptors (Lipinski definition) is 6. The summed E-state index contributed by atoms with van der Waals surface area (Å²) in [6.45, 7) is 4.14. The van der Waals surface area contributed by atoms with Crippen molar-refractivity contribution in [3.05, 3.63) is 9.75 Å². The van der Waals surface area contributed by atoms with Crippen LogP contribution < -0.4 is 9.47 Å². The van der Waals surface area contributed by atoms with Crippen LogP contribution in [0.4, 0.5) is 0 Å². The van der Waals surface area contributed by atoms with Crippen LogP contribution in [0.25, 0.3) is 0 Å². The summed E-state index contributed by atoms with van der Waals surface area (Å²) in [6.07, 6.45) is 0.928. The zero-order valence-corrected chi connectivity index (χ0v) is 12.6. The second-order valence-corrected chi connectivity index (χ2v) is 10.9. The number of fused-ring (bicyclic) bond motifs is 1. The molecule has 2 rings (SSSR count). The average Bonchev–Trinajstić information content (AvgIpc) is 2.64. The van der Waals surface area contributed by atoms with Crippen LogP contribution in [0.3, 0.4) is 0 Å². The molecular formula is C11H14O6SSi. The number of esters is 1. The Hall–Kier alpha value is -1.54. The zero-order chi connectivity index (χ0) is 14.2. The standard InChI is InChI=1S/C11H14O6SSi/c1-15-11(14)9-7-6(8(18-9)10(12)13)16-4-19(2,3)5-17-7/h4-5H2,1-3H3,(H,12,13). The van der Waals surface area contributed by atoms with Crippen LogP contribution in [0, 0.1) is 0 Å². The van der Waals surface area contributed by atoms with Crippen LogP contribution in [-0.2, 0) is 4.74 Å². The topological polar surface area (TPSA) is 82.1 Å². The zero-order valence-electron chi connectivity index (χ0n) is 10.8. The van der Waals surface area contributed by atoms with Crippen LogP contribution >= 0.6 is 11.3 Å². The summed E-state index contributed by atoms with van der Waals surface area (Å²) in [5.41, 5.74) is 0. The number of aromatic carboxylic acids is 1. The van der Waals surface area contributed by atoms with Gasteiger partial charge < -0.3 is 19.3 Å². The molecule has 0 unspecified atom stereocenters. The van der Waals surface area contributed by atoms with E-state index in [2.05, 4.69) is 17.8 Å². The van der Waals surface area contributed by atoms with Gasteiger partial charge in [0.2, 0.25) is 0 Å². The van der Waals surface area contributed by atoms with Crippen molar-refractivity contribution in [1.29, 1.82) is 0 Å². The molecule has 0 aromatic carbocycles. The van der Waals surface area contributed by atoms with Gasteiger partial charge in [0.15, 0.2) is 21.3 Å². The van der Waals surface area contributed by atoms with Crippen LogP contribution in [0.5, 0.6) is 11.5 Å². The SMILES string of the molecule is COC(=O)c1sc(C(=O)O)c2c1OC[Si](C)(C)CO2. The molecule has 0 aliphatic carbocycles. The molecule has 1 aliphatic rings. The quantitative estimate of drug-likeness (QED) is 0.662. The Balaban J connectivity index is 2.51. The maximum atomic E-state index is 11.7. The maximum Gasteiger partial charge on any atom is 0.352 e. The highest BCUT2D eigenvalue weighted by molar-refractivity contribution is 7.16. The lowest BCUT2D eigenvalue weighted by molar-refractivity contribution is 0.0601. The first-order valence-corrected chi connectivity index (χ1v) is 9.83. The van der Waals surface area contributed by atoms with Gasteiger partial charge in [0, 0.05) is 0 Å². The Morgan fingerprint density at radius 3 is 2.21 bits per heavy atom. The third kappa shape index (κ3) is 2.59. The average molecular weight is 302 g/mol. The Labute approximate surface area is 114 Å². The molecule has 2 heterocycles. The van der Waals surface area contributed by atoms with Crippen LogP contribution in [0.1, 0.15) is 19.3 Å². The molecule has 19 heavy (non-hydrogen) atoms. The van der Waals surface area contributed by atoms with E-state index in [9.17, 15) is 9.59 Å². The Morgan fingerprint density at radius 2 is 1.74 bits per heavy atom. The fraction of sp³-hybridized carbons (Fsp3) is 0.455. The smallest absolute Gasteiger partial charge is 0.352 e. The molecule has 1 aliphatic heterocycles. The van der Waals surface area contributed by atoms with Gasteiger partial charge in [-0.1, -0.05) is 13.1 Å². The van der Waals surface area contributed by atoms with E-state index < -0.39 is 20.0 Å². The lowest BCUT2D eigenvalue weighted by Crippen LogP contribution is -2.40. The monoisotopic (exact) mass is 302 g/mol. The number of carboxylic acid groups (broad SMARTS) is 1. The highest BCUT2D eigenvalue weighted by Crippen LogP contribution is 2.44. The minimum atomic E-state index is -1.71. The molecule has 0 amide bonds. The molecule has 0 radical (unpaired) electrons. The van der Waals surface area contributed by atoms with E-state index in [4.69, 9.17) is 14.6 Å². The summed E-state index contributed by atoms with van der Waals surface area (Å²) in [4.78, 5) is 23.0. The first-order valence-electron chi connectivity index (χ1n) is 5.60. The van der Waals surface area contributed by atoms with E-state index in [1.807, 2.05) is 0 Å². The van der Waals surface area contributed by atoms with Crippen molar-refractivity contribution in [2.24, 2.45) is 0 Å². The van der Waals surface area contributed by atoms with Gasteiger partial charge in [0.1, 0.15) is 8.07 Å². The highest BCUT2D eigenvalue weighted by atomic mass is 32.1. The number of ether oxygens (including phenoxy) is 3. The van der Waals surface area contributed by atoms with E-state index in [1.54, 1.807) is 0 Å². The number of carbonyl (C=O) groups excluding carboxylic acids is 1. The molecule has 8 heteroatoms. The number of carboxylic acids is 1. The van der Waals surface area contributed by atoms with E-state index in [1.165, 1.54) is 7.11 Å². The maximum absolute atomic E-state index is 11.7. The Kier molecular flexibility index (Phi) is 3.55. The van der Waals surface area contributed by atoms with Gasteiger partial charge in [-0.25, -0.2) is 9.59 Å². The van der Waals surface area contributed by atoms with Gasteiger partial charge in [-0.2, -0.15) is 0 Å². The number of thiophene rings is 1. The second kappa shape index (κ2) is 4.86. The fourth-order valence-corrected chi connectivity index (χ4v) is 3.71. The summed E-state index contributed by atoms with van der Waals surface area (Å²) in [5, 5.41) is 9.16. The van der Waals surface area contributed by atoms with Gasteiger partial charge >= 0.3 is 11.9 Å². The van der Waals surface area contributed by atoms with Crippen molar-refractivity contribution in [2.75, 3.05) is 19.6 Å². The fourth-order valence-electron chi connectivity index (χ4n) is 1.61. The summed E-state index contributed by atoms with van der Waals surface area (Å²) >= 11 is 0.817. The van der Waals surface area contributed by atoms with Crippen molar-refractivity contribution >= 4 is 31.3 Å². The minimum Gasteiger partial charge on any atom is -0.492 e. The summed E-state index contributed by atoms with van der Waals surface area (Å²) < 4.78 is 15.9. The minimum absolute atomic E-state index is 0.0258. The summed E-state index contributed by atoms with van der Waals surface area (Å²) in [5.74, 6) is -1.40. The third-order valence-corrected chi connectivity index (χ3v) is 5.57. The van der Waals surface area contributed by atoms with Crippen molar-refractivity contribution in [3.8, 4) is 11.5 Å². The molecule has 104 valence electrons. The molecule has 1 N–H and O–H groups in total. The molecule has 0 fully saturated rings. The molecule has 1 aromatic heterocycles. The number of hydrogen-bond donors (Lipinski definition) is 1.